The molecule has 1 rings (SSSR count). The number of hydrogen-bond acceptors (Lipinski definition) is 3. The molecule has 3 unspecified atom stereocenters. The Morgan fingerprint density at radius 2 is 2.33 bits per heavy atom. The summed E-state index contributed by atoms with van der Waals surface area (Å²) in [5, 5.41) is 12.9. The number of nitriles is 1. The molecule has 0 bridgehead atoms. The van der Waals surface area contributed by atoms with Gasteiger partial charge in [0, 0.05) is 18.6 Å². The van der Waals surface area contributed by atoms with E-state index < -0.39 is 0 Å². The number of hydrogen-bond donors (Lipinski definition) is 1. The highest BCUT2D eigenvalue weighted by atomic mass is 15.2. The van der Waals surface area contributed by atoms with Crippen molar-refractivity contribution >= 4 is 0 Å². The van der Waals surface area contributed by atoms with Crippen molar-refractivity contribution in [3.63, 3.8) is 0 Å². The van der Waals surface area contributed by atoms with Crippen molar-refractivity contribution in [3.8, 4) is 6.07 Å². The monoisotopic (exact) mass is 209 g/mol. The Morgan fingerprint density at radius 1 is 1.67 bits per heavy atom. The van der Waals surface area contributed by atoms with Crippen molar-refractivity contribution in [1.82, 2.24) is 10.2 Å². The molecule has 3 atom stereocenters. The molecule has 3 nitrogen and oxygen atoms in total. The molecule has 0 aromatic rings. The fourth-order valence-electron chi connectivity index (χ4n) is 2.19. The Kier molecular flexibility index (Phi) is 4.12. The van der Waals surface area contributed by atoms with Gasteiger partial charge in [-0.2, -0.15) is 5.26 Å². The van der Waals surface area contributed by atoms with E-state index in [1.165, 1.54) is 0 Å². The third kappa shape index (κ3) is 2.93. The summed E-state index contributed by atoms with van der Waals surface area (Å²) >= 11 is 0. The molecular formula is C12H23N3. The van der Waals surface area contributed by atoms with E-state index in [-0.39, 0.29) is 5.54 Å². The number of piperidine rings is 1. The van der Waals surface area contributed by atoms with E-state index in [4.69, 9.17) is 0 Å². The van der Waals surface area contributed by atoms with Crippen LogP contribution in [0.15, 0.2) is 0 Å². The predicted molar refractivity (Wildman–Crippen MR) is 62.6 cm³/mol. The second-order valence-corrected chi connectivity index (χ2v) is 4.93. The molecule has 1 aliphatic heterocycles. The maximum Gasteiger partial charge on any atom is 0.109 e. The molecule has 0 aromatic heterocycles. The van der Waals surface area contributed by atoms with Crippen molar-refractivity contribution in [1.29, 1.82) is 5.26 Å². The summed E-state index contributed by atoms with van der Waals surface area (Å²) in [6.45, 7) is 7.52. The molecular weight excluding hydrogens is 186 g/mol. The van der Waals surface area contributed by atoms with Gasteiger partial charge in [0.15, 0.2) is 0 Å². The van der Waals surface area contributed by atoms with Crippen LogP contribution in [0, 0.1) is 11.3 Å². The van der Waals surface area contributed by atoms with Crippen LogP contribution in [0.1, 0.15) is 40.0 Å². The number of rotatable bonds is 3. The molecule has 1 heterocycles. The van der Waals surface area contributed by atoms with Crippen molar-refractivity contribution < 1.29 is 0 Å². The van der Waals surface area contributed by atoms with Gasteiger partial charge in [-0.15, -0.1) is 0 Å². The lowest BCUT2D eigenvalue weighted by atomic mass is 9.84. The summed E-state index contributed by atoms with van der Waals surface area (Å²) in [6, 6.07) is 3.42. The van der Waals surface area contributed by atoms with Gasteiger partial charge in [0.05, 0.1) is 6.07 Å². The molecule has 0 radical (unpaired) electrons. The molecule has 1 fully saturated rings. The van der Waals surface area contributed by atoms with Crippen LogP contribution < -0.4 is 5.32 Å². The van der Waals surface area contributed by atoms with Crippen LogP contribution in [-0.2, 0) is 0 Å². The molecule has 1 N–H and O–H groups in total. The topological polar surface area (TPSA) is 39.1 Å². The number of likely N-dealkylation sites (tertiary alicyclic amines) is 1. The van der Waals surface area contributed by atoms with Gasteiger partial charge < -0.3 is 4.90 Å². The molecule has 0 saturated carbocycles. The van der Waals surface area contributed by atoms with Gasteiger partial charge >= 0.3 is 0 Å². The van der Waals surface area contributed by atoms with E-state index in [1.54, 1.807) is 0 Å². The van der Waals surface area contributed by atoms with Crippen molar-refractivity contribution in [2.24, 2.45) is 0 Å². The minimum absolute atomic E-state index is 0.290. The van der Waals surface area contributed by atoms with Crippen LogP contribution >= 0.6 is 0 Å². The highest BCUT2D eigenvalue weighted by molar-refractivity contribution is 5.11. The Labute approximate surface area is 93.5 Å². The molecule has 1 aliphatic rings. The van der Waals surface area contributed by atoms with Gasteiger partial charge in [0.1, 0.15) is 5.54 Å². The Morgan fingerprint density at radius 3 is 2.80 bits per heavy atom. The molecule has 86 valence electrons. The zero-order valence-corrected chi connectivity index (χ0v) is 10.4. The molecule has 1 saturated heterocycles. The second-order valence-electron chi connectivity index (χ2n) is 4.93. The van der Waals surface area contributed by atoms with Gasteiger partial charge in [0.25, 0.3) is 0 Å². The molecule has 15 heavy (non-hydrogen) atoms. The number of nitrogens with zero attached hydrogens (tertiary/aromatic N) is 2. The van der Waals surface area contributed by atoms with Crippen LogP contribution in [0.4, 0.5) is 0 Å². The summed E-state index contributed by atoms with van der Waals surface area (Å²) < 4.78 is 0. The Hall–Kier alpha value is -0.590. The van der Waals surface area contributed by atoms with Crippen LogP contribution in [0.3, 0.4) is 0 Å². The van der Waals surface area contributed by atoms with Crippen molar-refractivity contribution in [2.75, 3.05) is 13.6 Å². The zero-order chi connectivity index (χ0) is 11.5. The summed E-state index contributed by atoms with van der Waals surface area (Å²) in [4.78, 5) is 2.33. The predicted octanol–water partition coefficient (Wildman–Crippen LogP) is 1.75. The van der Waals surface area contributed by atoms with Crippen molar-refractivity contribution in [3.05, 3.63) is 0 Å². The molecule has 0 aliphatic carbocycles. The highest BCUT2D eigenvalue weighted by Crippen LogP contribution is 2.26. The molecule has 0 spiro atoms. The van der Waals surface area contributed by atoms with Gasteiger partial charge in [-0.25, -0.2) is 0 Å². The van der Waals surface area contributed by atoms with Gasteiger partial charge in [-0.3, -0.25) is 5.32 Å². The number of nitrogens with one attached hydrogen (secondary N) is 1. The largest absolute Gasteiger partial charge is 0.303 e. The first-order valence-corrected chi connectivity index (χ1v) is 5.92. The Bertz CT molecular complexity index is 242. The zero-order valence-electron chi connectivity index (χ0n) is 10.4. The summed E-state index contributed by atoms with van der Waals surface area (Å²) in [5.74, 6) is 0. The lowest BCUT2D eigenvalue weighted by Gasteiger charge is -2.42. The SMILES string of the molecule is CCC(C)NC1(C#N)CCN(C)C(C)C1. The van der Waals surface area contributed by atoms with Gasteiger partial charge in [-0.05, 0) is 40.2 Å². The maximum absolute atomic E-state index is 9.36. The lowest BCUT2D eigenvalue weighted by Crippen LogP contribution is -2.57. The third-order valence-electron chi connectivity index (χ3n) is 3.64. The summed E-state index contributed by atoms with van der Waals surface area (Å²) in [7, 11) is 2.13. The minimum Gasteiger partial charge on any atom is -0.303 e. The first-order valence-electron chi connectivity index (χ1n) is 5.92. The standard InChI is InChI=1S/C12H23N3/c1-5-10(2)14-12(9-13)6-7-15(4)11(3)8-12/h10-11,14H,5-8H2,1-4H3. The average molecular weight is 209 g/mol. The molecule has 3 heteroatoms. The van der Waals surface area contributed by atoms with E-state index in [0.29, 0.717) is 12.1 Å². The molecule has 0 amide bonds. The van der Waals surface area contributed by atoms with Crippen LogP contribution in [-0.4, -0.2) is 36.1 Å². The summed E-state index contributed by atoms with van der Waals surface area (Å²) in [6.07, 6.45) is 2.95. The molecule has 0 aromatic carbocycles. The van der Waals surface area contributed by atoms with E-state index in [9.17, 15) is 5.26 Å². The fraction of sp³-hybridized carbons (Fsp3) is 0.917. The van der Waals surface area contributed by atoms with E-state index in [1.807, 2.05) is 0 Å². The quantitative estimate of drug-likeness (QED) is 0.769. The smallest absolute Gasteiger partial charge is 0.109 e. The Balaban J connectivity index is 2.66. The third-order valence-corrected chi connectivity index (χ3v) is 3.64. The maximum atomic E-state index is 9.36. The van der Waals surface area contributed by atoms with Crippen LogP contribution in [0.5, 0.6) is 0 Å². The second kappa shape index (κ2) is 4.96. The van der Waals surface area contributed by atoms with Crippen molar-refractivity contribution in [2.45, 2.75) is 57.7 Å². The minimum atomic E-state index is -0.290. The van der Waals surface area contributed by atoms with Crippen LogP contribution in [0.25, 0.3) is 0 Å². The average Bonchev–Trinajstić information content (AvgIpc) is 2.23. The first kappa shape index (κ1) is 12.5. The lowest BCUT2D eigenvalue weighted by molar-refractivity contribution is 0.130. The van der Waals surface area contributed by atoms with E-state index in [0.717, 1.165) is 25.8 Å². The van der Waals surface area contributed by atoms with Gasteiger partial charge in [-0.1, -0.05) is 6.92 Å². The fourth-order valence-corrected chi connectivity index (χ4v) is 2.19. The first-order chi connectivity index (χ1) is 7.03. The summed E-state index contributed by atoms with van der Waals surface area (Å²) in [5.41, 5.74) is -0.290. The highest BCUT2D eigenvalue weighted by Gasteiger charge is 2.37. The normalized spacial score (nSPS) is 34.7. The van der Waals surface area contributed by atoms with E-state index >= 15 is 0 Å². The van der Waals surface area contributed by atoms with Gasteiger partial charge in [0.2, 0.25) is 0 Å². The van der Waals surface area contributed by atoms with Crippen LogP contribution in [0.2, 0.25) is 0 Å². The van der Waals surface area contributed by atoms with E-state index in [2.05, 4.69) is 44.1 Å².